The maximum atomic E-state index is 12.3. The Balaban J connectivity index is 1.79. The highest BCUT2D eigenvalue weighted by atomic mass is 32.2. The lowest BCUT2D eigenvalue weighted by Crippen LogP contribution is -2.40. The van der Waals surface area contributed by atoms with E-state index in [1.165, 1.54) is 17.7 Å². The Morgan fingerprint density at radius 1 is 1.25 bits per heavy atom. The van der Waals surface area contributed by atoms with Crippen molar-refractivity contribution in [3.8, 4) is 0 Å². The van der Waals surface area contributed by atoms with Gasteiger partial charge >= 0.3 is 0 Å². The highest BCUT2D eigenvalue weighted by Crippen LogP contribution is 2.25. The van der Waals surface area contributed by atoms with Gasteiger partial charge in [0, 0.05) is 29.7 Å². The zero-order valence-electron chi connectivity index (χ0n) is 11.8. The number of hydrogen-bond donors (Lipinski definition) is 1. The molecule has 1 aromatic carbocycles. The normalized spacial score (nSPS) is 15.4. The maximum Gasteiger partial charge on any atom is 0.223 e. The second kappa shape index (κ2) is 8.32. The smallest absolute Gasteiger partial charge is 0.223 e. The van der Waals surface area contributed by atoms with Crippen molar-refractivity contribution in [2.75, 3.05) is 18.9 Å². The van der Waals surface area contributed by atoms with Crippen LogP contribution in [0.3, 0.4) is 0 Å². The Hall–Kier alpha value is -1.00. The van der Waals surface area contributed by atoms with Crippen LogP contribution in [0.25, 0.3) is 0 Å². The van der Waals surface area contributed by atoms with Gasteiger partial charge in [0.05, 0.1) is 6.61 Å². The second-order valence-corrected chi connectivity index (χ2v) is 6.33. The first-order valence-electron chi connectivity index (χ1n) is 7.39. The molecule has 0 radical (unpaired) electrons. The number of rotatable bonds is 7. The molecule has 0 atom stereocenters. The fourth-order valence-corrected chi connectivity index (χ4v) is 3.61. The molecule has 1 aromatic rings. The van der Waals surface area contributed by atoms with Crippen molar-refractivity contribution in [1.82, 2.24) is 4.90 Å². The molecular formula is C16H23NO2S. The summed E-state index contributed by atoms with van der Waals surface area (Å²) >= 11 is 1.72. The maximum absolute atomic E-state index is 12.3. The Labute approximate surface area is 125 Å². The molecule has 0 saturated heterocycles. The van der Waals surface area contributed by atoms with Gasteiger partial charge in [0.25, 0.3) is 0 Å². The van der Waals surface area contributed by atoms with E-state index in [4.69, 9.17) is 5.11 Å². The van der Waals surface area contributed by atoms with E-state index in [1.807, 2.05) is 23.1 Å². The largest absolute Gasteiger partial charge is 0.395 e. The van der Waals surface area contributed by atoms with Gasteiger partial charge in [-0.2, -0.15) is 0 Å². The van der Waals surface area contributed by atoms with E-state index in [2.05, 4.69) is 12.1 Å². The Kier molecular flexibility index (Phi) is 6.40. The predicted molar refractivity (Wildman–Crippen MR) is 82.8 cm³/mol. The molecule has 0 bridgehead atoms. The highest BCUT2D eigenvalue weighted by Gasteiger charge is 2.25. The molecule has 1 saturated carbocycles. The van der Waals surface area contributed by atoms with Gasteiger partial charge in [0.15, 0.2) is 0 Å². The first kappa shape index (κ1) is 15.4. The van der Waals surface area contributed by atoms with Crippen LogP contribution in [0.15, 0.2) is 35.2 Å². The molecule has 1 aliphatic rings. The molecule has 110 valence electrons. The zero-order chi connectivity index (χ0) is 14.2. The molecule has 1 aliphatic carbocycles. The molecule has 0 aliphatic heterocycles. The summed E-state index contributed by atoms with van der Waals surface area (Å²) in [4.78, 5) is 15.4. The third-order valence-corrected chi connectivity index (χ3v) is 4.77. The molecule has 1 amide bonds. The van der Waals surface area contributed by atoms with Crippen molar-refractivity contribution in [3.63, 3.8) is 0 Å². The van der Waals surface area contributed by atoms with E-state index in [0.29, 0.717) is 19.0 Å². The summed E-state index contributed by atoms with van der Waals surface area (Å²) in [5.41, 5.74) is 0. The fourth-order valence-electron chi connectivity index (χ4n) is 2.75. The van der Waals surface area contributed by atoms with Gasteiger partial charge < -0.3 is 10.0 Å². The molecule has 0 unspecified atom stereocenters. The monoisotopic (exact) mass is 293 g/mol. The molecule has 4 heteroatoms. The lowest BCUT2D eigenvalue weighted by Gasteiger charge is -2.28. The average molecular weight is 293 g/mol. The van der Waals surface area contributed by atoms with Gasteiger partial charge in [0.2, 0.25) is 5.91 Å². The van der Waals surface area contributed by atoms with Gasteiger partial charge in [-0.3, -0.25) is 4.79 Å². The van der Waals surface area contributed by atoms with Gasteiger partial charge in [-0.05, 0) is 25.0 Å². The zero-order valence-corrected chi connectivity index (χ0v) is 12.6. The van der Waals surface area contributed by atoms with Crippen LogP contribution < -0.4 is 0 Å². The Morgan fingerprint density at radius 2 is 1.95 bits per heavy atom. The highest BCUT2D eigenvalue weighted by molar-refractivity contribution is 7.99. The molecular weight excluding hydrogens is 270 g/mol. The summed E-state index contributed by atoms with van der Waals surface area (Å²) in [6.45, 7) is 0.549. The SMILES string of the molecule is O=C(CCSc1ccccc1)N(CCO)C1CCCC1. The van der Waals surface area contributed by atoms with E-state index in [-0.39, 0.29) is 12.5 Å². The minimum atomic E-state index is 0.0636. The lowest BCUT2D eigenvalue weighted by molar-refractivity contribution is -0.133. The molecule has 2 rings (SSSR count). The molecule has 20 heavy (non-hydrogen) atoms. The van der Waals surface area contributed by atoms with Gasteiger partial charge in [-0.15, -0.1) is 11.8 Å². The van der Waals surface area contributed by atoms with Crippen molar-refractivity contribution in [3.05, 3.63) is 30.3 Å². The number of nitrogens with zero attached hydrogens (tertiary/aromatic N) is 1. The Morgan fingerprint density at radius 3 is 2.60 bits per heavy atom. The summed E-state index contributed by atoms with van der Waals surface area (Å²) in [5.74, 6) is 0.992. The Bertz CT molecular complexity index is 404. The third-order valence-electron chi connectivity index (χ3n) is 3.75. The third kappa shape index (κ3) is 4.53. The molecule has 0 aromatic heterocycles. The number of aliphatic hydroxyl groups is 1. The van der Waals surface area contributed by atoms with Crippen molar-refractivity contribution < 1.29 is 9.90 Å². The number of thioether (sulfide) groups is 1. The molecule has 1 fully saturated rings. The van der Waals surface area contributed by atoms with E-state index in [0.717, 1.165) is 18.6 Å². The van der Waals surface area contributed by atoms with Crippen molar-refractivity contribution >= 4 is 17.7 Å². The standard InChI is InChI=1S/C16H23NO2S/c18-12-11-17(14-6-4-5-7-14)16(19)10-13-20-15-8-2-1-3-9-15/h1-3,8-9,14,18H,4-7,10-13H2. The number of hydrogen-bond acceptors (Lipinski definition) is 3. The van der Waals surface area contributed by atoms with Crippen molar-refractivity contribution in [2.45, 2.75) is 43.0 Å². The van der Waals surface area contributed by atoms with E-state index in [9.17, 15) is 4.79 Å². The first-order chi connectivity index (χ1) is 9.81. The van der Waals surface area contributed by atoms with Gasteiger partial charge in [-0.1, -0.05) is 31.0 Å². The van der Waals surface area contributed by atoms with Crippen LogP contribution in [-0.4, -0.2) is 40.9 Å². The van der Waals surface area contributed by atoms with E-state index in [1.54, 1.807) is 11.8 Å². The summed E-state index contributed by atoms with van der Waals surface area (Å²) in [7, 11) is 0. The predicted octanol–water partition coefficient (Wildman–Crippen LogP) is 2.93. The number of benzene rings is 1. The fraction of sp³-hybridized carbons (Fsp3) is 0.562. The quantitative estimate of drug-likeness (QED) is 0.786. The van der Waals surface area contributed by atoms with Crippen LogP contribution in [0.2, 0.25) is 0 Å². The van der Waals surface area contributed by atoms with Crippen LogP contribution >= 0.6 is 11.8 Å². The molecule has 0 spiro atoms. The van der Waals surface area contributed by atoms with Crippen molar-refractivity contribution in [2.24, 2.45) is 0 Å². The van der Waals surface area contributed by atoms with Gasteiger partial charge in [-0.25, -0.2) is 0 Å². The minimum absolute atomic E-state index is 0.0636. The molecule has 3 nitrogen and oxygen atoms in total. The molecule has 1 N–H and O–H groups in total. The number of carbonyl (C=O) groups excluding carboxylic acids is 1. The minimum Gasteiger partial charge on any atom is -0.395 e. The van der Waals surface area contributed by atoms with Crippen LogP contribution in [0.4, 0.5) is 0 Å². The summed E-state index contributed by atoms with van der Waals surface area (Å²) in [6, 6.07) is 10.5. The number of carbonyl (C=O) groups is 1. The number of amides is 1. The lowest BCUT2D eigenvalue weighted by atomic mass is 10.2. The summed E-state index contributed by atoms with van der Waals surface area (Å²) < 4.78 is 0. The van der Waals surface area contributed by atoms with Crippen LogP contribution in [-0.2, 0) is 4.79 Å². The van der Waals surface area contributed by atoms with Crippen molar-refractivity contribution in [1.29, 1.82) is 0 Å². The molecule has 0 heterocycles. The van der Waals surface area contributed by atoms with Crippen LogP contribution in [0, 0.1) is 0 Å². The topological polar surface area (TPSA) is 40.5 Å². The van der Waals surface area contributed by atoms with Gasteiger partial charge in [0.1, 0.15) is 0 Å². The number of aliphatic hydroxyl groups excluding tert-OH is 1. The van der Waals surface area contributed by atoms with Crippen LogP contribution in [0.1, 0.15) is 32.1 Å². The summed E-state index contributed by atoms with van der Waals surface area (Å²) in [6.07, 6.45) is 5.16. The first-order valence-corrected chi connectivity index (χ1v) is 8.38. The van der Waals surface area contributed by atoms with E-state index >= 15 is 0 Å². The average Bonchev–Trinajstić information content (AvgIpc) is 2.99. The van der Waals surface area contributed by atoms with E-state index < -0.39 is 0 Å². The second-order valence-electron chi connectivity index (χ2n) is 5.16. The summed E-state index contributed by atoms with van der Waals surface area (Å²) in [5, 5.41) is 9.15. The van der Waals surface area contributed by atoms with Crippen LogP contribution in [0.5, 0.6) is 0 Å².